The van der Waals surface area contributed by atoms with Crippen molar-refractivity contribution in [3.8, 4) is 33.4 Å². The second kappa shape index (κ2) is 12.5. The van der Waals surface area contributed by atoms with Crippen LogP contribution < -0.4 is 0 Å². The molecule has 0 amide bonds. The van der Waals surface area contributed by atoms with Crippen LogP contribution in [-0.4, -0.2) is 4.57 Å². The third-order valence-corrected chi connectivity index (χ3v) is 11.5. The highest BCUT2D eigenvalue weighted by molar-refractivity contribution is 6.21. The lowest BCUT2D eigenvalue weighted by atomic mass is 9.79. The van der Waals surface area contributed by atoms with Gasteiger partial charge < -0.3 is 4.57 Å². The standard InChI is InChI=1S/C52H53N/c1-11-53-46-27-21-36(29-42(46)43-30-39(52(8,9)10)24-28-47(43)53)33-17-19-35(20-18-33)49-41-26-23-37(50(2,3)4)31-44(41)48(34-15-13-12-14-16-34)40-25-22-38(32-45(40)49)51(5,6)7/h12-32H,11H2,1-10H3. The van der Waals surface area contributed by atoms with Gasteiger partial charge in [0.1, 0.15) is 0 Å². The van der Waals surface area contributed by atoms with E-state index in [1.165, 1.54) is 93.4 Å². The van der Waals surface area contributed by atoms with E-state index in [9.17, 15) is 0 Å². The molecule has 0 atom stereocenters. The minimum atomic E-state index is 0.0282. The summed E-state index contributed by atoms with van der Waals surface area (Å²) in [6.45, 7) is 24.0. The Kier molecular flexibility index (Phi) is 8.22. The Morgan fingerprint density at radius 3 is 1.25 bits per heavy atom. The van der Waals surface area contributed by atoms with Crippen molar-refractivity contribution >= 4 is 43.4 Å². The second-order valence-corrected chi connectivity index (χ2v) is 18.2. The van der Waals surface area contributed by atoms with Crippen LogP contribution in [0.15, 0.2) is 127 Å². The van der Waals surface area contributed by atoms with E-state index >= 15 is 0 Å². The minimum absolute atomic E-state index is 0.0282. The van der Waals surface area contributed by atoms with Gasteiger partial charge in [0.2, 0.25) is 0 Å². The SMILES string of the molecule is CCn1c2ccc(-c3ccc(-c4c5ccc(C(C)(C)C)cc5c(-c5ccccc5)c5ccc(C(C)(C)C)cc45)cc3)cc2c2cc(C(C)(C)C)ccc21. The molecular weight excluding hydrogens is 639 g/mol. The van der Waals surface area contributed by atoms with Gasteiger partial charge in [-0.3, -0.25) is 0 Å². The highest BCUT2D eigenvalue weighted by Gasteiger charge is 2.23. The molecule has 0 aliphatic rings. The largest absolute Gasteiger partial charge is 0.341 e. The number of nitrogens with zero attached hydrogens (tertiary/aromatic N) is 1. The molecule has 0 bridgehead atoms. The topological polar surface area (TPSA) is 4.93 Å². The fraction of sp³-hybridized carbons (Fsp3) is 0.269. The summed E-state index contributed by atoms with van der Waals surface area (Å²) in [4.78, 5) is 0. The first-order valence-electron chi connectivity index (χ1n) is 19.4. The van der Waals surface area contributed by atoms with E-state index < -0.39 is 0 Å². The first kappa shape index (κ1) is 34.9. The van der Waals surface area contributed by atoms with Crippen LogP contribution in [0, 0.1) is 0 Å². The van der Waals surface area contributed by atoms with Gasteiger partial charge in [-0.1, -0.05) is 153 Å². The molecule has 1 heteroatoms. The van der Waals surface area contributed by atoms with Crippen molar-refractivity contribution in [1.29, 1.82) is 0 Å². The summed E-state index contributed by atoms with van der Waals surface area (Å²) in [5, 5.41) is 7.89. The maximum absolute atomic E-state index is 2.46. The fourth-order valence-corrected chi connectivity index (χ4v) is 8.31. The van der Waals surface area contributed by atoms with Crippen LogP contribution >= 0.6 is 0 Å². The molecule has 0 aliphatic heterocycles. The Morgan fingerprint density at radius 2 is 0.755 bits per heavy atom. The van der Waals surface area contributed by atoms with E-state index in [4.69, 9.17) is 0 Å². The third kappa shape index (κ3) is 6.05. The molecule has 0 N–H and O–H groups in total. The van der Waals surface area contributed by atoms with Crippen LogP contribution in [0.5, 0.6) is 0 Å². The van der Waals surface area contributed by atoms with Crippen molar-refractivity contribution in [3.63, 3.8) is 0 Å². The molecule has 0 aliphatic carbocycles. The van der Waals surface area contributed by atoms with Crippen LogP contribution in [-0.2, 0) is 22.8 Å². The number of rotatable bonds is 4. The molecule has 0 saturated carbocycles. The zero-order valence-electron chi connectivity index (χ0n) is 33.3. The molecule has 8 rings (SSSR count). The lowest BCUT2D eigenvalue weighted by Crippen LogP contribution is -2.11. The summed E-state index contributed by atoms with van der Waals surface area (Å²) in [5.41, 5.74) is 14.5. The third-order valence-electron chi connectivity index (χ3n) is 11.5. The fourth-order valence-electron chi connectivity index (χ4n) is 8.31. The number of aromatic nitrogens is 1. The molecule has 7 aromatic carbocycles. The summed E-state index contributed by atoms with van der Waals surface area (Å²) < 4.78 is 2.45. The summed E-state index contributed by atoms with van der Waals surface area (Å²) in [6, 6.07) is 48.8. The van der Waals surface area contributed by atoms with Gasteiger partial charge in [-0.05, 0) is 131 Å². The molecule has 1 heterocycles. The van der Waals surface area contributed by atoms with Gasteiger partial charge in [0.25, 0.3) is 0 Å². The molecule has 0 radical (unpaired) electrons. The van der Waals surface area contributed by atoms with Gasteiger partial charge in [-0.25, -0.2) is 0 Å². The lowest BCUT2D eigenvalue weighted by Gasteiger charge is -2.25. The van der Waals surface area contributed by atoms with E-state index in [-0.39, 0.29) is 16.2 Å². The predicted molar refractivity (Wildman–Crippen MR) is 233 cm³/mol. The van der Waals surface area contributed by atoms with Crippen LogP contribution in [0.2, 0.25) is 0 Å². The number of fused-ring (bicyclic) bond motifs is 5. The Labute approximate surface area is 316 Å². The van der Waals surface area contributed by atoms with Gasteiger partial charge in [0, 0.05) is 28.4 Å². The van der Waals surface area contributed by atoms with Gasteiger partial charge in [0.15, 0.2) is 0 Å². The first-order chi connectivity index (χ1) is 25.1. The van der Waals surface area contributed by atoms with E-state index in [1.807, 2.05) is 0 Å². The first-order valence-corrected chi connectivity index (χ1v) is 19.4. The lowest BCUT2D eigenvalue weighted by molar-refractivity contribution is 0.590. The summed E-state index contributed by atoms with van der Waals surface area (Å²) in [7, 11) is 0. The summed E-state index contributed by atoms with van der Waals surface area (Å²) in [6.07, 6.45) is 0. The quantitative estimate of drug-likeness (QED) is 0.162. The smallest absolute Gasteiger partial charge is 0.0491 e. The van der Waals surface area contributed by atoms with Gasteiger partial charge in [-0.2, -0.15) is 0 Å². The Morgan fingerprint density at radius 1 is 0.358 bits per heavy atom. The zero-order chi connectivity index (χ0) is 37.4. The molecule has 1 aromatic heterocycles. The molecule has 0 saturated heterocycles. The maximum Gasteiger partial charge on any atom is 0.0491 e. The summed E-state index contributed by atoms with van der Waals surface area (Å²) in [5.74, 6) is 0. The van der Waals surface area contributed by atoms with Crippen LogP contribution in [0.3, 0.4) is 0 Å². The van der Waals surface area contributed by atoms with Crippen LogP contribution in [0.25, 0.3) is 76.7 Å². The molecule has 266 valence electrons. The zero-order valence-corrected chi connectivity index (χ0v) is 33.3. The predicted octanol–water partition coefficient (Wildman–Crippen LogP) is 15.0. The second-order valence-electron chi connectivity index (χ2n) is 18.2. The monoisotopic (exact) mass is 691 g/mol. The van der Waals surface area contributed by atoms with Crippen molar-refractivity contribution in [1.82, 2.24) is 4.57 Å². The Hall–Kier alpha value is -5.14. The van der Waals surface area contributed by atoms with Crippen molar-refractivity contribution in [2.24, 2.45) is 0 Å². The van der Waals surface area contributed by atoms with Gasteiger partial charge in [0.05, 0.1) is 0 Å². The van der Waals surface area contributed by atoms with Crippen LogP contribution in [0.4, 0.5) is 0 Å². The van der Waals surface area contributed by atoms with Crippen LogP contribution in [0.1, 0.15) is 85.9 Å². The van der Waals surface area contributed by atoms with Crippen molar-refractivity contribution < 1.29 is 0 Å². The van der Waals surface area contributed by atoms with E-state index in [0.29, 0.717) is 0 Å². The number of hydrogen-bond acceptors (Lipinski definition) is 0. The molecule has 0 fully saturated rings. The minimum Gasteiger partial charge on any atom is -0.341 e. The van der Waals surface area contributed by atoms with Crippen molar-refractivity contribution in [3.05, 3.63) is 144 Å². The van der Waals surface area contributed by atoms with Gasteiger partial charge >= 0.3 is 0 Å². The normalized spacial score (nSPS) is 12.8. The number of benzene rings is 7. The highest BCUT2D eigenvalue weighted by Crippen LogP contribution is 2.46. The van der Waals surface area contributed by atoms with Gasteiger partial charge in [-0.15, -0.1) is 0 Å². The highest BCUT2D eigenvalue weighted by atomic mass is 15.0. The van der Waals surface area contributed by atoms with E-state index in [0.717, 1.165) is 6.54 Å². The summed E-state index contributed by atoms with van der Waals surface area (Å²) >= 11 is 0. The average Bonchev–Trinajstić information content (AvgIpc) is 3.45. The van der Waals surface area contributed by atoms with E-state index in [2.05, 4.69) is 201 Å². The Balaban J connectivity index is 1.35. The van der Waals surface area contributed by atoms with E-state index in [1.54, 1.807) is 0 Å². The molecule has 8 aromatic rings. The van der Waals surface area contributed by atoms with Crippen molar-refractivity contribution in [2.75, 3.05) is 0 Å². The molecular formula is C52H53N. The maximum atomic E-state index is 2.46. The Bertz CT molecular complexity index is 2660. The number of hydrogen-bond donors (Lipinski definition) is 0. The molecule has 53 heavy (non-hydrogen) atoms. The van der Waals surface area contributed by atoms with Crippen molar-refractivity contribution in [2.45, 2.75) is 92.0 Å². The number of aryl methyl sites for hydroxylation is 1. The molecule has 0 unspecified atom stereocenters. The molecule has 0 spiro atoms. The average molecular weight is 692 g/mol. The molecule has 1 nitrogen and oxygen atoms in total.